The predicted molar refractivity (Wildman–Crippen MR) is 92.9 cm³/mol. The molecule has 132 valence electrons. The molecule has 0 aliphatic carbocycles. The quantitative estimate of drug-likeness (QED) is 0.897. The number of ether oxygens (including phenoxy) is 1. The van der Waals surface area contributed by atoms with E-state index in [4.69, 9.17) is 4.74 Å². The van der Waals surface area contributed by atoms with Gasteiger partial charge in [0.15, 0.2) is 6.10 Å². The largest absolute Gasteiger partial charge is 0.497 e. The molecule has 0 aromatic heterocycles. The lowest BCUT2D eigenvalue weighted by Crippen LogP contribution is -2.43. The Morgan fingerprint density at radius 1 is 1.25 bits per heavy atom. The van der Waals surface area contributed by atoms with Crippen LogP contribution in [0.3, 0.4) is 0 Å². The number of amides is 1. The van der Waals surface area contributed by atoms with Crippen molar-refractivity contribution in [2.45, 2.75) is 31.8 Å². The van der Waals surface area contributed by atoms with Crippen LogP contribution in [0.25, 0.3) is 0 Å². The summed E-state index contributed by atoms with van der Waals surface area (Å²) in [5, 5.41) is 10.4. The first kappa shape index (κ1) is 17.2. The van der Waals surface area contributed by atoms with Crippen LogP contribution in [0.1, 0.15) is 37.4 Å². The Balaban J connectivity index is 1.52. The fraction of sp³-hybridized carbons (Fsp3) is 0.632. The van der Waals surface area contributed by atoms with E-state index in [1.165, 1.54) is 32.5 Å². The summed E-state index contributed by atoms with van der Waals surface area (Å²) in [5.41, 5.74) is 0.596. The summed E-state index contributed by atoms with van der Waals surface area (Å²) < 4.78 is 5.17. The molecule has 2 fully saturated rings. The number of methoxy groups -OCH3 is 1. The number of rotatable bonds is 5. The molecule has 1 N–H and O–H groups in total. The van der Waals surface area contributed by atoms with Crippen molar-refractivity contribution in [1.82, 2.24) is 9.80 Å². The van der Waals surface area contributed by atoms with Crippen molar-refractivity contribution in [2.24, 2.45) is 5.92 Å². The molecule has 1 aromatic rings. The molecule has 3 rings (SSSR count). The molecule has 1 atom stereocenters. The maximum atomic E-state index is 12.6. The molecule has 5 heteroatoms. The smallest absolute Gasteiger partial charge is 0.256 e. The monoisotopic (exact) mass is 332 g/mol. The van der Waals surface area contributed by atoms with Gasteiger partial charge in [-0.15, -0.1) is 0 Å². The lowest BCUT2D eigenvalue weighted by atomic mass is 9.95. The number of nitrogens with zero attached hydrogens (tertiary/aromatic N) is 2. The molecule has 5 nitrogen and oxygen atoms in total. The summed E-state index contributed by atoms with van der Waals surface area (Å²) in [6.07, 6.45) is 3.61. The lowest BCUT2D eigenvalue weighted by molar-refractivity contribution is -0.142. The molecule has 1 amide bonds. The third kappa shape index (κ3) is 4.08. The van der Waals surface area contributed by atoms with Crippen LogP contribution >= 0.6 is 0 Å². The van der Waals surface area contributed by atoms with E-state index in [0.717, 1.165) is 25.9 Å². The molecule has 2 aliphatic heterocycles. The molecule has 2 saturated heterocycles. The summed E-state index contributed by atoms with van der Waals surface area (Å²) in [4.78, 5) is 16.9. The van der Waals surface area contributed by atoms with Crippen LogP contribution in [-0.2, 0) is 4.79 Å². The van der Waals surface area contributed by atoms with Crippen molar-refractivity contribution in [2.75, 3.05) is 39.8 Å². The Hall–Kier alpha value is -1.59. The van der Waals surface area contributed by atoms with E-state index in [-0.39, 0.29) is 5.91 Å². The van der Waals surface area contributed by atoms with Gasteiger partial charge in [-0.1, -0.05) is 12.1 Å². The van der Waals surface area contributed by atoms with Crippen molar-refractivity contribution in [3.05, 3.63) is 29.8 Å². The molecule has 1 aromatic carbocycles. The van der Waals surface area contributed by atoms with Crippen LogP contribution in [0.4, 0.5) is 0 Å². The van der Waals surface area contributed by atoms with Gasteiger partial charge in [-0.3, -0.25) is 4.79 Å². The van der Waals surface area contributed by atoms with Crippen molar-refractivity contribution >= 4 is 5.91 Å². The van der Waals surface area contributed by atoms with Gasteiger partial charge < -0.3 is 19.6 Å². The first-order chi connectivity index (χ1) is 11.7. The van der Waals surface area contributed by atoms with Gasteiger partial charge in [0.1, 0.15) is 5.75 Å². The minimum absolute atomic E-state index is 0.192. The average Bonchev–Trinajstić information content (AvgIpc) is 3.14. The second kappa shape index (κ2) is 7.99. The SMILES string of the molecule is COc1cccc(C(O)C(=O)N2CCC(CN3CCCC3)CC2)c1. The second-order valence-electron chi connectivity index (χ2n) is 6.96. The highest BCUT2D eigenvalue weighted by molar-refractivity contribution is 5.82. The van der Waals surface area contributed by atoms with Gasteiger partial charge >= 0.3 is 0 Å². The molecular formula is C19H28N2O3. The third-order valence-electron chi connectivity index (χ3n) is 5.28. The number of piperidine rings is 1. The van der Waals surface area contributed by atoms with E-state index in [1.54, 1.807) is 25.3 Å². The summed E-state index contributed by atoms with van der Waals surface area (Å²) >= 11 is 0. The van der Waals surface area contributed by atoms with E-state index in [1.807, 2.05) is 11.0 Å². The maximum absolute atomic E-state index is 12.6. The third-order valence-corrected chi connectivity index (χ3v) is 5.28. The number of aliphatic hydroxyl groups excluding tert-OH is 1. The van der Waals surface area contributed by atoms with E-state index in [9.17, 15) is 9.90 Å². The van der Waals surface area contributed by atoms with Gasteiger partial charge in [-0.2, -0.15) is 0 Å². The zero-order valence-electron chi connectivity index (χ0n) is 14.5. The first-order valence-corrected chi connectivity index (χ1v) is 9.00. The minimum atomic E-state index is -1.10. The van der Waals surface area contributed by atoms with Crippen LogP contribution < -0.4 is 4.74 Å². The van der Waals surface area contributed by atoms with Crippen molar-refractivity contribution in [1.29, 1.82) is 0 Å². The van der Waals surface area contributed by atoms with E-state index in [0.29, 0.717) is 17.2 Å². The number of carbonyl (C=O) groups is 1. The van der Waals surface area contributed by atoms with Crippen LogP contribution in [0.15, 0.2) is 24.3 Å². The fourth-order valence-corrected chi connectivity index (χ4v) is 3.79. The number of likely N-dealkylation sites (tertiary alicyclic amines) is 2. The van der Waals surface area contributed by atoms with Gasteiger partial charge in [-0.25, -0.2) is 0 Å². The van der Waals surface area contributed by atoms with E-state index >= 15 is 0 Å². The van der Waals surface area contributed by atoms with Crippen LogP contribution in [0.5, 0.6) is 5.75 Å². The standard InChI is InChI=1S/C19H28N2O3/c1-24-17-6-4-5-16(13-17)18(22)19(23)21-11-7-15(8-12-21)14-20-9-2-3-10-20/h4-6,13,15,18,22H,2-3,7-12,14H2,1H3. The van der Waals surface area contributed by atoms with Crippen LogP contribution in [0.2, 0.25) is 0 Å². The van der Waals surface area contributed by atoms with Crippen LogP contribution in [-0.4, -0.2) is 60.6 Å². The summed E-state index contributed by atoms with van der Waals surface area (Å²) in [5.74, 6) is 1.15. The zero-order valence-corrected chi connectivity index (χ0v) is 14.5. The van der Waals surface area contributed by atoms with E-state index in [2.05, 4.69) is 4.90 Å². The van der Waals surface area contributed by atoms with Crippen molar-refractivity contribution in [3.63, 3.8) is 0 Å². The minimum Gasteiger partial charge on any atom is -0.497 e. The van der Waals surface area contributed by atoms with Crippen molar-refractivity contribution in [3.8, 4) is 5.75 Å². The van der Waals surface area contributed by atoms with Gasteiger partial charge in [0.05, 0.1) is 7.11 Å². The number of hydrogen-bond acceptors (Lipinski definition) is 4. The normalized spacial score (nSPS) is 21.0. The van der Waals surface area contributed by atoms with Crippen molar-refractivity contribution < 1.29 is 14.6 Å². The molecule has 0 saturated carbocycles. The summed E-state index contributed by atoms with van der Waals surface area (Å²) in [7, 11) is 1.58. The topological polar surface area (TPSA) is 53.0 Å². The highest BCUT2D eigenvalue weighted by Gasteiger charge is 2.29. The molecule has 2 aliphatic rings. The molecule has 0 radical (unpaired) electrons. The Labute approximate surface area is 144 Å². The number of benzene rings is 1. The Morgan fingerprint density at radius 2 is 1.96 bits per heavy atom. The lowest BCUT2D eigenvalue weighted by Gasteiger charge is -2.34. The van der Waals surface area contributed by atoms with Gasteiger partial charge in [0.25, 0.3) is 5.91 Å². The first-order valence-electron chi connectivity index (χ1n) is 9.00. The summed E-state index contributed by atoms with van der Waals surface area (Å²) in [6, 6.07) is 7.10. The summed E-state index contributed by atoms with van der Waals surface area (Å²) in [6.45, 7) is 5.12. The van der Waals surface area contributed by atoms with Gasteiger partial charge in [0, 0.05) is 19.6 Å². The second-order valence-corrected chi connectivity index (χ2v) is 6.96. The maximum Gasteiger partial charge on any atom is 0.256 e. The fourth-order valence-electron chi connectivity index (χ4n) is 3.79. The molecule has 24 heavy (non-hydrogen) atoms. The zero-order chi connectivity index (χ0) is 16.9. The molecular weight excluding hydrogens is 304 g/mol. The Kier molecular flexibility index (Phi) is 5.74. The Morgan fingerprint density at radius 3 is 2.62 bits per heavy atom. The molecule has 2 heterocycles. The molecule has 0 spiro atoms. The van der Waals surface area contributed by atoms with Gasteiger partial charge in [-0.05, 0) is 62.4 Å². The molecule has 1 unspecified atom stereocenters. The highest BCUT2D eigenvalue weighted by atomic mass is 16.5. The highest BCUT2D eigenvalue weighted by Crippen LogP contribution is 2.25. The number of aliphatic hydroxyl groups is 1. The molecule has 0 bridgehead atoms. The number of hydrogen-bond donors (Lipinski definition) is 1. The number of carbonyl (C=O) groups excluding carboxylic acids is 1. The van der Waals surface area contributed by atoms with E-state index < -0.39 is 6.10 Å². The average molecular weight is 332 g/mol. The van der Waals surface area contributed by atoms with Crippen LogP contribution in [0, 0.1) is 5.92 Å². The predicted octanol–water partition coefficient (Wildman–Crippen LogP) is 2.06. The van der Waals surface area contributed by atoms with Gasteiger partial charge in [0.2, 0.25) is 0 Å². The Bertz CT molecular complexity index is 549.